The first-order chi connectivity index (χ1) is 7.91. The van der Waals surface area contributed by atoms with Crippen molar-refractivity contribution in [3.05, 3.63) is 0 Å². The van der Waals surface area contributed by atoms with Gasteiger partial charge in [0, 0.05) is 6.54 Å². The van der Waals surface area contributed by atoms with Crippen LogP contribution in [0.4, 0.5) is 0 Å². The van der Waals surface area contributed by atoms with E-state index in [4.69, 9.17) is 10.5 Å². The van der Waals surface area contributed by atoms with E-state index in [2.05, 4.69) is 6.92 Å². The van der Waals surface area contributed by atoms with Crippen LogP contribution in [0.2, 0.25) is 0 Å². The summed E-state index contributed by atoms with van der Waals surface area (Å²) in [5.41, 5.74) is 5.13. The zero-order valence-electron chi connectivity index (χ0n) is 11.7. The van der Waals surface area contributed by atoms with E-state index in [1.54, 1.807) is 0 Å². The van der Waals surface area contributed by atoms with Crippen LogP contribution in [0.15, 0.2) is 0 Å². The molecule has 0 radical (unpaired) electrons. The second-order valence-corrected chi connectivity index (χ2v) is 6.15. The Hall–Kier alpha value is -0.120. The van der Waals surface area contributed by atoms with Crippen molar-refractivity contribution in [2.75, 3.05) is 13.2 Å². The van der Waals surface area contributed by atoms with E-state index in [0.717, 1.165) is 18.8 Å². The molecule has 102 valence electrons. The molecule has 0 aromatic carbocycles. The van der Waals surface area contributed by atoms with Gasteiger partial charge < -0.3 is 15.6 Å². The Bertz CT molecular complexity index is 215. The SMILES string of the molecule is CCC1CCC(CN)(OCCC(C)(C)O)CC1. The topological polar surface area (TPSA) is 55.5 Å². The minimum atomic E-state index is -0.642. The predicted molar refractivity (Wildman–Crippen MR) is 70.9 cm³/mol. The van der Waals surface area contributed by atoms with Crippen LogP contribution < -0.4 is 5.73 Å². The molecule has 1 aliphatic rings. The molecule has 1 saturated carbocycles. The number of nitrogens with two attached hydrogens (primary N) is 1. The van der Waals surface area contributed by atoms with E-state index in [1.165, 1.54) is 19.3 Å². The maximum absolute atomic E-state index is 9.67. The van der Waals surface area contributed by atoms with Gasteiger partial charge in [-0.05, 0) is 51.9 Å². The third kappa shape index (κ3) is 4.94. The Morgan fingerprint density at radius 2 is 1.94 bits per heavy atom. The van der Waals surface area contributed by atoms with Crippen LogP contribution in [0.1, 0.15) is 59.3 Å². The third-order valence-corrected chi connectivity index (χ3v) is 4.09. The zero-order chi connectivity index (χ0) is 12.9. The first kappa shape index (κ1) is 14.9. The fourth-order valence-electron chi connectivity index (χ4n) is 2.54. The summed E-state index contributed by atoms with van der Waals surface area (Å²) in [6.07, 6.45) is 6.56. The summed E-state index contributed by atoms with van der Waals surface area (Å²) in [6, 6.07) is 0. The summed E-state index contributed by atoms with van der Waals surface area (Å²) in [5, 5.41) is 9.67. The van der Waals surface area contributed by atoms with Crippen molar-refractivity contribution in [1.82, 2.24) is 0 Å². The van der Waals surface area contributed by atoms with E-state index in [0.29, 0.717) is 19.6 Å². The lowest BCUT2D eigenvalue weighted by atomic mass is 9.77. The van der Waals surface area contributed by atoms with Crippen LogP contribution in [0.25, 0.3) is 0 Å². The molecule has 0 saturated heterocycles. The van der Waals surface area contributed by atoms with Gasteiger partial charge in [-0.2, -0.15) is 0 Å². The highest BCUT2D eigenvalue weighted by molar-refractivity contribution is 4.88. The molecular formula is C14H29NO2. The molecule has 3 N–H and O–H groups in total. The van der Waals surface area contributed by atoms with E-state index < -0.39 is 5.60 Å². The number of aliphatic hydroxyl groups is 1. The summed E-state index contributed by atoms with van der Waals surface area (Å²) in [7, 11) is 0. The highest BCUT2D eigenvalue weighted by atomic mass is 16.5. The molecule has 0 atom stereocenters. The Morgan fingerprint density at radius 3 is 2.35 bits per heavy atom. The lowest BCUT2D eigenvalue weighted by Gasteiger charge is -2.39. The second kappa shape index (κ2) is 6.17. The molecule has 0 bridgehead atoms. The Kier molecular flexibility index (Phi) is 5.42. The molecule has 0 aromatic heterocycles. The van der Waals surface area contributed by atoms with Gasteiger partial charge in [0.2, 0.25) is 0 Å². The molecule has 0 heterocycles. The largest absolute Gasteiger partial charge is 0.390 e. The average Bonchev–Trinajstić information content (AvgIpc) is 2.28. The number of hydrogen-bond acceptors (Lipinski definition) is 3. The van der Waals surface area contributed by atoms with Crippen molar-refractivity contribution in [2.45, 2.75) is 70.5 Å². The quantitative estimate of drug-likeness (QED) is 0.753. The van der Waals surface area contributed by atoms with Crippen molar-refractivity contribution in [3.63, 3.8) is 0 Å². The molecule has 1 rings (SSSR count). The predicted octanol–water partition coefficient (Wildman–Crippen LogP) is 2.46. The number of ether oxygens (including phenoxy) is 1. The van der Waals surface area contributed by atoms with Gasteiger partial charge in [-0.3, -0.25) is 0 Å². The van der Waals surface area contributed by atoms with Crippen LogP contribution in [-0.4, -0.2) is 29.5 Å². The number of hydrogen-bond donors (Lipinski definition) is 2. The van der Waals surface area contributed by atoms with Crippen LogP contribution in [0.5, 0.6) is 0 Å². The normalized spacial score (nSPS) is 30.5. The molecular weight excluding hydrogens is 214 g/mol. The fourth-order valence-corrected chi connectivity index (χ4v) is 2.54. The highest BCUT2D eigenvalue weighted by Gasteiger charge is 2.34. The second-order valence-electron chi connectivity index (χ2n) is 6.15. The molecule has 3 nitrogen and oxygen atoms in total. The summed E-state index contributed by atoms with van der Waals surface area (Å²) in [6.45, 7) is 7.11. The van der Waals surface area contributed by atoms with Crippen molar-refractivity contribution in [2.24, 2.45) is 11.7 Å². The van der Waals surface area contributed by atoms with Crippen molar-refractivity contribution >= 4 is 0 Å². The Balaban J connectivity index is 2.37. The van der Waals surface area contributed by atoms with Gasteiger partial charge in [0.25, 0.3) is 0 Å². The molecule has 0 spiro atoms. The van der Waals surface area contributed by atoms with Gasteiger partial charge in [-0.1, -0.05) is 13.3 Å². The molecule has 0 aromatic rings. The van der Waals surface area contributed by atoms with Crippen LogP contribution >= 0.6 is 0 Å². The first-order valence-electron chi connectivity index (χ1n) is 6.97. The summed E-state index contributed by atoms with van der Waals surface area (Å²) < 4.78 is 6.00. The Labute approximate surface area is 106 Å². The number of rotatable bonds is 6. The van der Waals surface area contributed by atoms with Crippen molar-refractivity contribution in [3.8, 4) is 0 Å². The zero-order valence-corrected chi connectivity index (χ0v) is 11.7. The van der Waals surface area contributed by atoms with Crippen LogP contribution in [-0.2, 0) is 4.74 Å². The van der Waals surface area contributed by atoms with Crippen molar-refractivity contribution < 1.29 is 9.84 Å². The minimum Gasteiger partial charge on any atom is -0.390 e. The van der Waals surface area contributed by atoms with Gasteiger partial charge in [0.15, 0.2) is 0 Å². The van der Waals surface area contributed by atoms with E-state index >= 15 is 0 Å². The van der Waals surface area contributed by atoms with E-state index in [9.17, 15) is 5.11 Å². The summed E-state index contributed by atoms with van der Waals surface area (Å²) >= 11 is 0. The Morgan fingerprint density at radius 1 is 1.35 bits per heavy atom. The van der Waals surface area contributed by atoms with Gasteiger partial charge in [-0.25, -0.2) is 0 Å². The molecule has 1 fully saturated rings. The van der Waals surface area contributed by atoms with E-state index in [-0.39, 0.29) is 5.60 Å². The van der Waals surface area contributed by atoms with Gasteiger partial charge >= 0.3 is 0 Å². The van der Waals surface area contributed by atoms with Crippen LogP contribution in [0, 0.1) is 5.92 Å². The lowest BCUT2D eigenvalue weighted by molar-refractivity contribution is -0.0872. The van der Waals surface area contributed by atoms with Gasteiger partial charge in [-0.15, -0.1) is 0 Å². The molecule has 0 unspecified atom stereocenters. The maximum Gasteiger partial charge on any atom is 0.0804 e. The fraction of sp³-hybridized carbons (Fsp3) is 1.00. The standard InChI is InChI=1S/C14H29NO2/c1-4-12-5-7-14(11-15,8-6-12)17-10-9-13(2,3)16/h12,16H,4-11,15H2,1-3H3. The maximum atomic E-state index is 9.67. The molecule has 17 heavy (non-hydrogen) atoms. The summed E-state index contributed by atoms with van der Waals surface area (Å²) in [5.74, 6) is 0.854. The molecule has 1 aliphatic carbocycles. The third-order valence-electron chi connectivity index (χ3n) is 4.09. The van der Waals surface area contributed by atoms with E-state index in [1.807, 2.05) is 13.8 Å². The van der Waals surface area contributed by atoms with Crippen molar-refractivity contribution in [1.29, 1.82) is 0 Å². The highest BCUT2D eigenvalue weighted by Crippen LogP contribution is 2.35. The molecule has 0 amide bonds. The van der Waals surface area contributed by atoms with Crippen LogP contribution in [0.3, 0.4) is 0 Å². The molecule has 0 aliphatic heterocycles. The molecule has 3 heteroatoms. The minimum absolute atomic E-state index is 0.114. The van der Waals surface area contributed by atoms with Gasteiger partial charge in [0.1, 0.15) is 0 Å². The van der Waals surface area contributed by atoms with Gasteiger partial charge in [0.05, 0.1) is 17.8 Å². The smallest absolute Gasteiger partial charge is 0.0804 e. The summed E-state index contributed by atoms with van der Waals surface area (Å²) in [4.78, 5) is 0. The first-order valence-corrected chi connectivity index (χ1v) is 6.97. The average molecular weight is 243 g/mol. The lowest BCUT2D eigenvalue weighted by Crippen LogP contribution is -2.44. The monoisotopic (exact) mass is 243 g/mol.